The maximum Gasteiger partial charge on any atom is 0.141 e. The van der Waals surface area contributed by atoms with Crippen LogP contribution in [-0.4, -0.2) is 40.1 Å². The van der Waals surface area contributed by atoms with Crippen LogP contribution < -0.4 is 21.6 Å². The Bertz CT molecular complexity index is 1780. The van der Waals surface area contributed by atoms with E-state index < -0.39 is 11.9 Å². The van der Waals surface area contributed by atoms with Gasteiger partial charge < -0.3 is 21.0 Å². The Morgan fingerprint density at radius 2 is 1.73 bits per heavy atom. The second kappa shape index (κ2) is 13.1. The maximum atomic E-state index is 14.0. The number of nitriles is 1. The molecule has 0 radical (unpaired) electrons. The van der Waals surface area contributed by atoms with E-state index in [1.807, 2.05) is 6.07 Å². The average Bonchev–Trinajstić information content (AvgIpc) is 3.53. The largest absolute Gasteiger partial charge is 0.373 e. The van der Waals surface area contributed by atoms with Gasteiger partial charge in [-0.15, -0.1) is 5.53 Å². The van der Waals surface area contributed by atoms with Crippen molar-refractivity contribution in [3.63, 3.8) is 0 Å². The minimum atomic E-state index is -0.549. The quantitative estimate of drug-likeness (QED) is 0.155. The third-order valence-corrected chi connectivity index (χ3v) is 8.87. The molecule has 0 bridgehead atoms. The van der Waals surface area contributed by atoms with E-state index >= 15 is 0 Å². The molecule has 1 aromatic heterocycles. The third-order valence-electron chi connectivity index (χ3n) is 8.29. The van der Waals surface area contributed by atoms with Crippen molar-refractivity contribution in [1.29, 1.82) is 5.26 Å². The van der Waals surface area contributed by atoms with Gasteiger partial charge in [-0.1, -0.05) is 35.3 Å². The van der Waals surface area contributed by atoms with Crippen molar-refractivity contribution in [3.05, 3.63) is 105 Å². The molecule has 0 spiro atoms. The predicted octanol–water partition coefficient (Wildman–Crippen LogP) is 7.63. The number of nitrogens with zero attached hydrogens (tertiary/aromatic N) is 4. The molecule has 6 rings (SSSR count). The predicted molar refractivity (Wildman–Crippen MR) is 175 cm³/mol. The summed E-state index contributed by atoms with van der Waals surface area (Å²) in [6, 6.07) is 16.8. The van der Waals surface area contributed by atoms with E-state index in [9.17, 15) is 14.0 Å². The molecule has 45 heavy (non-hydrogen) atoms. The van der Waals surface area contributed by atoms with Gasteiger partial charge in [0.25, 0.3) is 0 Å². The SMILES string of the molecule is CC(C)N1CCC(N2C=C([C@@H](Nc3cc(Cl)c4ncc(C#N)c(Nc5ccc(F)c(Cl)c5)c4c3)c3ccc(F)cc3)NN2)CC1. The molecule has 0 unspecified atom stereocenters. The second-order valence-corrected chi connectivity index (χ2v) is 12.3. The number of hydrogen-bond donors (Lipinski definition) is 4. The van der Waals surface area contributed by atoms with Crippen LogP contribution in [0.5, 0.6) is 0 Å². The van der Waals surface area contributed by atoms with Gasteiger partial charge in [0.1, 0.15) is 17.7 Å². The number of aromatic nitrogens is 1. The van der Waals surface area contributed by atoms with E-state index in [1.165, 1.54) is 36.5 Å². The first-order chi connectivity index (χ1) is 21.7. The minimum absolute atomic E-state index is 0.0511. The molecule has 0 saturated carbocycles. The molecule has 2 aliphatic heterocycles. The van der Waals surface area contributed by atoms with Crippen LogP contribution in [0.1, 0.15) is 43.9 Å². The van der Waals surface area contributed by atoms with Crippen LogP contribution in [0.4, 0.5) is 25.8 Å². The van der Waals surface area contributed by atoms with Crippen LogP contribution in [0.15, 0.2) is 72.7 Å². The molecular weight excluding hydrogens is 617 g/mol. The molecule has 3 aromatic carbocycles. The van der Waals surface area contributed by atoms with Crippen molar-refractivity contribution in [2.75, 3.05) is 23.7 Å². The number of benzene rings is 3. The lowest BCUT2D eigenvalue weighted by atomic mass is 10.0. The van der Waals surface area contributed by atoms with Crippen LogP contribution in [0.3, 0.4) is 0 Å². The Labute approximate surface area is 270 Å². The number of hydrogen-bond acceptors (Lipinski definition) is 8. The van der Waals surface area contributed by atoms with E-state index in [-0.39, 0.29) is 16.4 Å². The summed E-state index contributed by atoms with van der Waals surface area (Å²) in [4.78, 5) is 6.92. The van der Waals surface area contributed by atoms with Gasteiger partial charge in [0, 0.05) is 54.3 Å². The molecule has 3 heterocycles. The van der Waals surface area contributed by atoms with Gasteiger partial charge in [0.15, 0.2) is 0 Å². The standard InChI is InChI=1S/C33H32Cl2F2N8/c1-19(2)44-11-9-25(10-12-44)45-18-30(42-43-45)32(20-3-5-22(36)6-4-20)41-24-13-26-31(40-23-7-8-29(37)27(34)14-23)21(16-38)17-39-33(26)28(35)15-24/h3-8,13-15,17-19,25,32,41-43H,9-12H2,1-2H3,(H,39,40)/t32-/m0/s1. The number of piperidine rings is 1. The van der Waals surface area contributed by atoms with Gasteiger partial charge in [0.2, 0.25) is 0 Å². The Morgan fingerprint density at radius 1 is 1.00 bits per heavy atom. The first kappa shape index (κ1) is 30.9. The molecule has 1 atom stereocenters. The van der Waals surface area contributed by atoms with E-state index in [0.29, 0.717) is 45.1 Å². The third kappa shape index (κ3) is 6.63. The molecule has 1 fully saturated rings. The van der Waals surface area contributed by atoms with E-state index in [0.717, 1.165) is 37.2 Å². The van der Waals surface area contributed by atoms with Crippen LogP contribution >= 0.6 is 23.2 Å². The van der Waals surface area contributed by atoms with Crippen LogP contribution in [0, 0.1) is 23.0 Å². The van der Waals surface area contributed by atoms with Gasteiger partial charge in [-0.3, -0.25) is 9.99 Å². The highest BCUT2D eigenvalue weighted by molar-refractivity contribution is 6.36. The van der Waals surface area contributed by atoms with Gasteiger partial charge >= 0.3 is 0 Å². The lowest BCUT2D eigenvalue weighted by Crippen LogP contribution is -2.49. The van der Waals surface area contributed by atoms with Crippen molar-refractivity contribution >= 4 is 51.2 Å². The highest BCUT2D eigenvalue weighted by Gasteiger charge is 2.30. The normalized spacial score (nSPS) is 16.4. The molecule has 0 amide bonds. The lowest BCUT2D eigenvalue weighted by Gasteiger charge is -2.37. The van der Waals surface area contributed by atoms with Crippen molar-refractivity contribution in [3.8, 4) is 6.07 Å². The zero-order valence-electron chi connectivity index (χ0n) is 24.7. The summed E-state index contributed by atoms with van der Waals surface area (Å²) in [5.41, 5.74) is 10.6. The van der Waals surface area contributed by atoms with Crippen molar-refractivity contribution in [2.24, 2.45) is 0 Å². The van der Waals surface area contributed by atoms with E-state index in [4.69, 9.17) is 23.2 Å². The number of fused-ring (bicyclic) bond motifs is 1. The molecule has 4 aromatic rings. The number of hydrazine groups is 2. The highest BCUT2D eigenvalue weighted by atomic mass is 35.5. The topological polar surface area (TPSA) is 91.3 Å². The molecule has 4 N–H and O–H groups in total. The second-order valence-electron chi connectivity index (χ2n) is 11.5. The number of halogens is 4. The summed E-state index contributed by atoms with van der Waals surface area (Å²) in [6.45, 7) is 6.50. The first-order valence-corrected chi connectivity index (χ1v) is 15.5. The summed E-state index contributed by atoms with van der Waals surface area (Å²) in [7, 11) is 0. The fraction of sp³-hybridized carbons (Fsp3) is 0.273. The number of rotatable bonds is 8. The van der Waals surface area contributed by atoms with Crippen molar-refractivity contribution in [1.82, 2.24) is 25.9 Å². The Hall–Kier alpha value is -4.14. The zero-order chi connectivity index (χ0) is 31.7. The fourth-order valence-corrected chi connectivity index (χ4v) is 6.26. The van der Waals surface area contributed by atoms with Gasteiger partial charge in [-0.05, 0) is 74.7 Å². The monoisotopic (exact) mass is 648 g/mol. The van der Waals surface area contributed by atoms with E-state index in [1.54, 1.807) is 18.2 Å². The maximum absolute atomic E-state index is 14.0. The first-order valence-electron chi connectivity index (χ1n) is 14.7. The van der Waals surface area contributed by atoms with Gasteiger partial charge in [-0.25, -0.2) is 8.78 Å². The highest BCUT2D eigenvalue weighted by Crippen LogP contribution is 2.37. The van der Waals surface area contributed by atoms with Crippen molar-refractivity contribution < 1.29 is 8.78 Å². The Balaban J connectivity index is 1.35. The van der Waals surface area contributed by atoms with E-state index in [2.05, 4.69) is 62.6 Å². The molecule has 0 aliphatic carbocycles. The minimum Gasteiger partial charge on any atom is -0.373 e. The van der Waals surface area contributed by atoms with Crippen LogP contribution in [0.2, 0.25) is 10.0 Å². The summed E-state index contributed by atoms with van der Waals surface area (Å²) in [6.07, 6.45) is 5.54. The Kier molecular flexibility index (Phi) is 8.97. The summed E-state index contributed by atoms with van der Waals surface area (Å²) in [5, 5.41) is 19.7. The molecule has 232 valence electrons. The Morgan fingerprint density at radius 3 is 2.42 bits per heavy atom. The number of anilines is 3. The smallest absolute Gasteiger partial charge is 0.141 e. The molecule has 12 heteroatoms. The van der Waals surface area contributed by atoms with Gasteiger partial charge in [0.05, 0.1) is 38.6 Å². The number of pyridine rings is 1. The molecule has 2 aliphatic rings. The van der Waals surface area contributed by atoms with Crippen LogP contribution in [0.25, 0.3) is 10.9 Å². The molecule has 8 nitrogen and oxygen atoms in total. The number of nitrogens with one attached hydrogen (secondary N) is 4. The fourth-order valence-electron chi connectivity index (χ4n) is 5.81. The lowest BCUT2D eigenvalue weighted by molar-refractivity contribution is 0.0928. The zero-order valence-corrected chi connectivity index (χ0v) is 26.2. The molecule has 1 saturated heterocycles. The van der Waals surface area contributed by atoms with Gasteiger partial charge in [-0.2, -0.15) is 5.26 Å². The van der Waals surface area contributed by atoms with Crippen LogP contribution in [-0.2, 0) is 0 Å². The summed E-state index contributed by atoms with van der Waals surface area (Å²) < 4.78 is 27.8. The molecular formula is C33H32Cl2F2N8. The summed E-state index contributed by atoms with van der Waals surface area (Å²) in [5.74, 6) is -0.879. The van der Waals surface area contributed by atoms with Crippen molar-refractivity contribution in [2.45, 2.75) is 44.8 Å². The summed E-state index contributed by atoms with van der Waals surface area (Å²) >= 11 is 12.8. The average molecular weight is 650 g/mol. The number of likely N-dealkylation sites (tertiary alicyclic amines) is 1.